The van der Waals surface area contributed by atoms with E-state index in [9.17, 15) is 29.8 Å². The maximum Gasteiger partial charge on any atom is 0.325 e. The Morgan fingerprint density at radius 1 is 1.00 bits per heavy atom. The Labute approximate surface area is 130 Å². The molecule has 0 fully saturated rings. The molecule has 10 heteroatoms. The first-order valence-electron chi connectivity index (χ1n) is 6.60. The highest BCUT2D eigenvalue weighted by Crippen LogP contribution is 2.36. The Morgan fingerprint density at radius 3 is 1.70 bits per heavy atom. The minimum Gasteiger partial charge on any atom is -0.465 e. The number of rotatable bonds is 7. The predicted molar refractivity (Wildman–Crippen MR) is 75.8 cm³/mol. The molecule has 0 aliphatic rings. The number of nitro benzene ring substituents is 2. The second-order valence-corrected chi connectivity index (χ2v) is 4.16. The molecular formula is C13H14N2O8. The molecule has 0 aromatic heterocycles. The molecule has 0 N–H and O–H groups in total. The first-order valence-corrected chi connectivity index (χ1v) is 6.60. The molecular weight excluding hydrogens is 312 g/mol. The molecule has 0 saturated heterocycles. The van der Waals surface area contributed by atoms with Crippen molar-refractivity contribution < 1.29 is 28.9 Å². The molecule has 0 spiro atoms. The molecule has 1 aromatic rings. The normalized spacial score (nSPS) is 10.2. The van der Waals surface area contributed by atoms with Crippen molar-refractivity contribution in [3.05, 3.63) is 44.0 Å². The zero-order chi connectivity index (χ0) is 17.6. The second kappa shape index (κ2) is 7.82. The fourth-order valence-electron chi connectivity index (χ4n) is 1.94. The van der Waals surface area contributed by atoms with Gasteiger partial charge in [0.1, 0.15) is 5.56 Å². The number of ether oxygens (including phenoxy) is 2. The largest absolute Gasteiger partial charge is 0.465 e. The highest BCUT2D eigenvalue weighted by molar-refractivity contribution is 6.02. The molecule has 10 nitrogen and oxygen atoms in total. The third-order valence-electron chi connectivity index (χ3n) is 2.79. The fraction of sp³-hybridized carbons (Fsp3) is 0.385. The van der Waals surface area contributed by atoms with E-state index in [1.54, 1.807) is 0 Å². The van der Waals surface area contributed by atoms with Gasteiger partial charge in [0.15, 0.2) is 5.92 Å². The van der Waals surface area contributed by atoms with Crippen LogP contribution in [0.1, 0.15) is 25.3 Å². The zero-order valence-electron chi connectivity index (χ0n) is 12.4. The van der Waals surface area contributed by atoms with Crippen molar-refractivity contribution >= 4 is 23.3 Å². The smallest absolute Gasteiger partial charge is 0.325 e. The molecule has 0 bridgehead atoms. The minimum absolute atomic E-state index is 0.108. The van der Waals surface area contributed by atoms with Gasteiger partial charge in [-0.1, -0.05) is 0 Å². The molecule has 0 atom stereocenters. The number of carbonyl (C=O) groups is 2. The first kappa shape index (κ1) is 18.0. The van der Waals surface area contributed by atoms with E-state index in [1.807, 2.05) is 0 Å². The van der Waals surface area contributed by atoms with Gasteiger partial charge in [-0.3, -0.25) is 29.8 Å². The van der Waals surface area contributed by atoms with Crippen LogP contribution >= 0.6 is 0 Å². The molecule has 0 saturated carbocycles. The number of esters is 2. The summed E-state index contributed by atoms with van der Waals surface area (Å²) in [6.07, 6.45) is 0. The van der Waals surface area contributed by atoms with Crippen LogP contribution < -0.4 is 0 Å². The summed E-state index contributed by atoms with van der Waals surface area (Å²) >= 11 is 0. The third-order valence-corrected chi connectivity index (χ3v) is 2.79. The number of hydrogen-bond acceptors (Lipinski definition) is 8. The number of nitro groups is 2. The van der Waals surface area contributed by atoms with Crippen molar-refractivity contribution in [1.82, 2.24) is 0 Å². The van der Waals surface area contributed by atoms with Crippen LogP contribution in [0.2, 0.25) is 0 Å². The SMILES string of the molecule is CCOC(=O)C(C(=O)OCC)c1c([N+](=O)[O-])cccc1[N+](=O)[O-]. The molecule has 124 valence electrons. The van der Waals surface area contributed by atoms with Crippen LogP contribution in [0.4, 0.5) is 11.4 Å². The summed E-state index contributed by atoms with van der Waals surface area (Å²) in [6.45, 7) is 2.72. The zero-order valence-corrected chi connectivity index (χ0v) is 12.4. The van der Waals surface area contributed by atoms with Gasteiger partial charge in [0.2, 0.25) is 0 Å². The molecule has 1 aromatic carbocycles. The molecule has 0 amide bonds. The van der Waals surface area contributed by atoms with Crippen LogP contribution in [0, 0.1) is 20.2 Å². The lowest BCUT2D eigenvalue weighted by atomic mass is 9.95. The van der Waals surface area contributed by atoms with Crippen LogP contribution in [-0.2, 0) is 19.1 Å². The van der Waals surface area contributed by atoms with Crippen molar-refractivity contribution in [1.29, 1.82) is 0 Å². The summed E-state index contributed by atoms with van der Waals surface area (Å²) in [6, 6.07) is 3.02. The molecule has 1 rings (SSSR count). The number of hydrogen-bond donors (Lipinski definition) is 0. The summed E-state index contributed by atoms with van der Waals surface area (Å²) in [5.41, 5.74) is -2.12. The maximum absolute atomic E-state index is 12.0. The van der Waals surface area contributed by atoms with Crippen molar-refractivity contribution in [2.75, 3.05) is 13.2 Å². The highest BCUT2D eigenvalue weighted by atomic mass is 16.6. The van der Waals surface area contributed by atoms with Crippen molar-refractivity contribution in [3.63, 3.8) is 0 Å². The maximum atomic E-state index is 12.0. The average molecular weight is 326 g/mol. The van der Waals surface area contributed by atoms with E-state index in [0.29, 0.717) is 0 Å². The Morgan fingerprint density at radius 2 is 1.39 bits per heavy atom. The van der Waals surface area contributed by atoms with Crippen LogP contribution in [-0.4, -0.2) is 35.0 Å². The monoisotopic (exact) mass is 326 g/mol. The van der Waals surface area contributed by atoms with Crippen LogP contribution in [0.15, 0.2) is 18.2 Å². The van der Waals surface area contributed by atoms with E-state index in [4.69, 9.17) is 9.47 Å². The van der Waals surface area contributed by atoms with Gasteiger partial charge in [0.05, 0.1) is 23.1 Å². The van der Waals surface area contributed by atoms with E-state index in [2.05, 4.69) is 0 Å². The molecule has 0 unspecified atom stereocenters. The van der Waals surface area contributed by atoms with E-state index in [0.717, 1.165) is 18.2 Å². The second-order valence-electron chi connectivity index (χ2n) is 4.16. The van der Waals surface area contributed by atoms with Crippen molar-refractivity contribution in [2.24, 2.45) is 0 Å². The van der Waals surface area contributed by atoms with Crippen LogP contribution in [0.5, 0.6) is 0 Å². The average Bonchev–Trinajstić information content (AvgIpc) is 2.47. The van der Waals surface area contributed by atoms with E-state index >= 15 is 0 Å². The van der Waals surface area contributed by atoms with Gasteiger partial charge in [0, 0.05) is 12.1 Å². The Hall–Kier alpha value is -3.04. The Kier molecular flexibility index (Phi) is 6.13. The van der Waals surface area contributed by atoms with E-state index in [1.165, 1.54) is 13.8 Å². The van der Waals surface area contributed by atoms with E-state index < -0.39 is 44.6 Å². The summed E-state index contributed by atoms with van der Waals surface area (Å²) in [5.74, 6) is -4.20. The molecule has 23 heavy (non-hydrogen) atoms. The third kappa shape index (κ3) is 3.99. The Balaban J connectivity index is 3.62. The predicted octanol–water partition coefficient (Wildman–Crippen LogP) is 1.71. The summed E-state index contributed by atoms with van der Waals surface area (Å²) < 4.78 is 9.42. The minimum atomic E-state index is -1.91. The topological polar surface area (TPSA) is 139 Å². The van der Waals surface area contributed by atoms with Crippen LogP contribution in [0.25, 0.3) is 0 Å². The van der Waals surface area contributed by atoms with Crippen LogP contribution in [0.3, 0.4) is 0 Å². The van der Waals surface area contributed by atoms with Gasteiger partial charge in [-0.15, -0.1) is 0 Å². The van der Waals surface area contributed by atoms with Gasteiger partial charge in [-0.2, -0.15) is 0 Å². The molecule has 0 heterocycles. The number of carbonyl (C=O) groups excluding carboxylic acids is 2. The highest BCUT2D eigenvalue weighted by Gasteiger charge is 2.42. The van der Waals surface area contributed by atoms with E-state index in [-0.39, 0.29) is 13.2 Å². The summed E-state index contributed by atoms with van der Waals surface area (Å²) in [7, 11) is 0. The van der Waals surface area contributed by atoms with Gasteiger partial charge in [-0.25, -0.2) is 0 Å². The molecule has 0 radical (unpaired) electrons. The lowest BCUT2D eigenvalue weighted by molar-refractivity contribution is -0.395. The summed E-state index contributed by atoms with van der Waals surface area (Å²) in [5, 5.41) is 22.3. The lowest BCUT2D eigenvalue weighted by Gasteiger charge is -2.14. The molecule has 0 aliphatic heterocycles. The quantitative estimate of drug-likeness (QED) is 0.319. The van der Waals surface area contributed by atoms with Gasteiger partial charge in [-0.05, 0) is 19.9 Å². The van der Waals surface area contributed by atoms with Gasteiger partial charge < -0.3 is 9.47 Å². The first-order chi connectivity index (χ1) is 10.8. The summed E-state index contributed by atoms with van der Waals surface area (Å²) in [4.78, 5) is 44.5. The van der Waals surface area contributed by atoms with Crippen molar-refractivity contribution in [3.8, 4) is 0 Å². The fourth-order valence-corrected chi connectivity index (χ4v) is 1.94. The lowest BCUT2D eigenvalue weighted by Crippen LogP contribution is -2.27. The standard InChI is InChI=1S/C13H14N2O8/c1-3-22-12(16)11(13(17)23-4-2)10-8(14(18)19)6-5-7-9(10)15(20)21/h5-7,11H,3-4H2,1-2H3. The van der Waals surface area contributed by atoms with Crippen molar-refractivity contribution in [2.45, 2.75) is 19.8 Å². The Bertz CT molecular complexity index is 593. The number of nitrogens with zero attached hydrogens (tertiary/aromatic N) is 2. The van der Waals surface area contributed by atoms with Gasteiger partial charge >= 0.3 is 11.9 Å². The number of benzene rings is 1. The van der Waals surface area contributed by atoms with Gasteiger partial charge in [0.25, 0.3) is 11.4 Å². The molecule has 0 aliphatic carbocycles.